The zero-order valence-corrected chi connectivity index (χ0v) is 12.8. The SMILES string of the molecule is CCCOc1cccc(CNCCCc2ccccc2)c1. The van der Waals surface area contributed by atoms with Crippen LogP contribution in [0.2, 0.25) is 0 Å². The fraction of sp³-hybridized carbons (Fsp3) is 0.368. The Hall–Kier alpha value is -1.80. The van der Waals surface area contributed by atoms with Gasteiger partial charge in [0.2, 0.25) is 0 Å². The number of benzene rings is 2. The molecular weight excluding hydrogens is 258 g/mol. The third-order valence-electron chi connectivity index (χ3n) is 3.36. The molecule has 0 bridgehead atoms. The Morgan fingerprint density at radius 3 is 2.57 bits per heavy atom. The van der Waals surface area contributed by atoms with Gasteiger partial charge < -0.3 is 10.1 Å². The first-order valence-electron chi connectivity index (χ1n) is 7.85. The normalized spacial score (nSPS) is 10.5. The molecule has 0 fully saturated rings. The van der Waals surface area contributed by atoms with Crippen LogP contribution in [0, 0.1) is 0 Å². The van der Waals surface area contributed by atoms with Gasteiger partial charge in [-0.2, -0.15) is 0 Å². The van der Waals surface area contributed by atoms with Crippen molar-refractivity contribution in [3.63, 3.8) is 0 Å². The quantitative estimate of drug-likeness (QED) is 0.696. The molecule has 21 heavy (non-hydrogen) atoms. The van der Waals surface area contributed by atoms with Gasteiger partial charge in [0.15, 0.2) is 0 Å². The summed E-state index contributed by atoms with van der Waals surface area (Å²) >= 11 is 0. The number of ether oxygens (including phenoxy) is 1. The Morgan fingerprint density at radius 2 is 1.76 bits per heavy atom. The van der Waals surface area contributed by atoms with E-state index in [2.05, 4.69) is 60.8 Å². The van der Waals surface area contributed by atoms with Crippen molar-refractivity contribution in [2.45, 2.75) is 32.7 Å². The van der Waals surface area contributed by atoms with E-state index in [1.165, 1.54) is 11.1 Å². The lowest BCUT2D eigenvalue weighted by molar-refractivity contribution is 0.317. The van der Waals surface area contributed by atoms with E-state index in [9.17, 15) is 0 Å². The molecule has 0 radical (unpaired) electrons. The van der Waals surface area contributed by atoms with Crippen molar-refractivity contribution in [1.29, 1.82) is 0 Å². The van der Waals surface area contributed by atoms with Gasteiger partial charge in [-0.25, -0.2) is 0 Å². The molecule has 2 heteroatoms. The summed E-state index contributed by atoms with van der Waals surface area (Å²) in [5, 5.41) is 3.50. The predicted octanol–water partition coefficient (Wildman–Crippen LogP) is 4.20. The van der Waals surface area contributed by atoms with Gasteiger partial charge in [0.25, 0.3) is 0 Å². The van der Waals surface area contributed by atoms with Crippen LogP contribution in [0.5, 0.6) is 5.75 Å². The molecule has 0 saturated carbocycles. The monoisotopic (exact) mass is 283 g/mol. The summed E-state index contributed by atoms with van der Waals surface area (Å²) in [7, 11) is 0. The second kappa shape index (κ2) is 9.19. The van der Waals surface area contributed by atoms with E-state index < -0.39 is 0 Å². The third kappa shape index (κ3) is 6.01. The summed E-state index contributed by atoms with van der Waals surface area (Å²) in [6.45, 7) is 4.85. The lowest BCUT2D eigenvalue weighted by atomic mass is 10.1. The molecule has 2 aromatic carbocycles. The molecular formula is C19H25NO. The standard InChI is InChI=1S/C19H25NO/c1-2-14-21-19-12-6-10-18(15-19)16-20-13-7-11-17-8-4-3-5-9-17/h3-6,8-10,12,15,20H,2,7,11,13-14,16H2,1H3. The molecule has 0 aliphatic rings. The van der Waals surface area contributed by atoms with Crippen molar-refractivity contribution < 1.29 is 4.74 Å². The highest BCUT2D eigenvalue weighted by Gasteiger charge is 1.97. The van der Waals surface area contributed by atoms with Crippen LogP contribution in [0.4, 0.5) is 0 Å². The molecule has 2 aromatic rings. The van der Waals surface area contributed by atoms with Crippen molar-refractivity contribution in [1.82, 2.24) is 5.32 Å². The summed E-state index contributed by atoms with van der Waals surface area (Å²) < 4.78 is 5.65. The maximum absolute atomic E-state index is 5.65. The van der Waals surface area contributed by atoms with E-state index in [-0.39, 0.29) is 0 Å². The van der Waals surface area contributed by atoms with E-state index in [1.807, 2.05) is 6.07 Å². The van der Waals surface area contributed by atoms with Crippen LogP contribution in [0.3, 0.4) is 0 Å². The number of nitrogens with one attached hydrogen (secondary N) is 1. The lowest BCUT2D eigenvalue weighted by Gasteiger charge is -2.08. The fourth-order valence-electron chi connectivity index (χ4n) is 2.26. The minimum Gasteiger partial charge on any atom is -0.494 e. The summed E-state index contributed by atoms with van der Waals surface area (Å²) in [6.07, 6.45) is 3.34. The van der Waals surface area contributed by atoms with Crippen LogP contribution >= 0.6 is 0 Å². The van der Waals surface area contributed by atoms with Gasteiger partial charge in [-0.3, -0.25) is 0 Å². The molecule has 0 aromatic heterocycles. The van der Waals surface area contributed by atoms with Crippen molar-refractivity contribution in [3.8, 4) is 5.75 Å². The second-order valence-electron chi connectivity index (χ2n) is 5.26. The topological polar surface area (TPSA) is 21.3 Å². The Bertz CT molecular complexity index is 510. The van der Waals surface area contributed by atoms with E-state index in [4.69, 9.17) is 4.74 Å². The molecule has 0 saturated heterocycles. The van der Waals surface area contributed by atoms with Gasteiger partial charge >= 0.3 is 0 Å². The Labute approximate surface area is 128 Å². The van der Waals surface area contributed by atoms with E-state index >= 15 is 0 Å². The van der Waals surface area contributed by atoms with Gasteiger partial charge in [-0.15, -0.1) is 0 Å². The van der Waals surface area contributed by atoms with Crippen LogP contribution in [0.1, 0.15) is 30.9 Å². The number of hydrogen-bond donors (Lipinski definition) is 1. The maximum Gasteiger partial charge on any atom is 0.119 e. The Kier molecular flexibility index (Phi) is 6.82. The number of rotatable bonds is 9. The molecule has 0 aliphatic heterocycles. The molecule has 2 nitrogen and oxygen atoms in total. The van der Waals surface area contributed by atoms with E-state index in [0.29, 0.717) is 0 Å². The zero-order valence-electron chi connectivity index (χ0n) is 12.8. The van der Waals surface area contributed by atoms with Gasteiger partial charge in [0.1, 0.15) is 5.75 Å². The molecule has 0 amide bonds. The first-order chi connectivity index (χ1) is 10.4. The first kappa shape index (κ1) is 15.6. The number of hydrogen-bond acceptors (Lipinski definition) is 2. The van der Waals surface area contributed by atoms with Crippen molar-refractivity contribution >= 4 is 0 Å². The van der Waals surface area contributed by atoms with Crippen LogP contribution in [0.15, 0.2) is 54.6 Å². The highest BCUT2D eigenvalue weighted by Crippen LogP contribution is 2.13. The lowest BCUT2D eigenvalue weighted by Crippen LogP contribution is -2.15. The molecule has 0 atom stereocenters. The molecule has 112 valence electrons. The molecule has 1 N–H and O–H groups in total. The fourth-order valence-corrected chi connectivity index (χ4v) is 2.26. The Balaban J connectivity index is 1.66. The highest BCUT2D eigenvalue weighted by molar-refractivity contribution is 5.28. The largest absolute Gasteiger partial charge is 0.494 e. The molecule has 0 heterocycles. The summed E-state index contributed by atoms with van der Waals surface area (Å²) in [6, 6.07) is 19.0. The van der Waals surface area contributed by atoms with Crippen molar-refractivity contribution in [2.24, 2.45) is 0 Å². The van der Waals surface area contributed by atoms with Gasteiger partial charge in [0, 0.05) is 6.54 Å². The Morgan fingerprint density at radius 1 is 0.952 bits per heavy atom. The second-order valence-corrected chi connectivity index (χ2v) is 5.26. The van der Waals surface area contributed by atoms with Crippen LogP contribution in [-0.2, 0) is 13.0 Å². The predicted molar refractivity (Wildman–Crippen MR) is 88.7 cm³/mol. The molecule has 0 spiro atoms. The molecule has 0 unspecified atom stereocenters. The average molecular weight is 283 g/mol. The molecule has 0 aliphatic carbocycles. The van der Waals surface area contributed by atoms with Gasteiger partial charge in [0.05, 0.1) is 6.61 Å². The van der Waals surface area contributed by atoms with Crippen LogP contribution in [-0.4, -0.2) is 13.2 Å². The van der Waals surface area contributed by atoms with E-state index in [0.717, 1.165) is 44.7 Å². The van der Waals surface area contributed by atoms with Crippen molar-refractivity contribution in [2.75, 3.05) is 13.2 Å². The third-order valence-corrected chi connectivity index (χ3v) is 3.36. The minimum atomic E-state index is 0.786. The van der Waals surface area contributed by atoms with Crippen LogP contribution < -0.4 is 10.1 Å². The summed E-state index contributed by atoms with van der Waals surface area (Å²) in [5.41, 5.74) is 2.69. The van der Waals surface area contributed by atoms with Crippen LogP contribution in [0.25, 0.3) is 0 Å². The number of aryl methyl sites for hydroxylation is 1. The first-order valence-corrected chi connectivity index (χ1v) is 7.85. The zero-order chi connectivity index (χ0) is 14.8. The van der Waals surface area contributed by atoms with Crippen molar-refractivity contribution in [3.05, 3.63) is 65.7 Å². The van der Waals surface area contributed by atoms with Gasteiger partial charge in [-0.05, 0) is 49.1 Å². The summed E-state index contributed by atoms with van der Waals surface area (Å²) in [5.74, 6) is 0.973. The molecule has 2 rings (SSSR count). The van der Waals surface area contributed by atoms with Gasteiger partial charge in [-0.1, -0.05) is 49.4 Å². The minimum absolute atomic E-state index is 0.786. The maximum atomic E-state index is 5.65. The highest BCUT2D eigenvalue weighted by atomic mass is 16.5. The van der Waals surface area contributed by atoms with E-state index in [1.54, 1.807) is 0 Å². The smallest absolute Gasteiger partial charge is 0.119 e. The average Bonchev–Trinajstić information content (AvgIpc) is 2.54. The summed E-state index contributed by atoms with van der Waals surface area (Å²) in [4.78, 5) is 0.